The van der Waals surface area contributed by atoms with E-state index in [2.05, 4.69) is 26.2 Å². The number of aryl methyl sites for hydroxylation is 1. The van der Waals surface area contributed by atoms with Crippen LogP contribution < -0.4 is 16.6 Å². The quantitative estimate of drug-likeness (QED) is 0.399. The van der Waals surface area contributed by atoms with Gasteiger partial charge in [-0.25, -0.2) is 9.79 Å². The summed E-state index contributed by atoms with van der Waals surface area (Å²) >= 11 is 4.42. The number of benzene rings is 2. The first-order valence-corrected chi connectivity index (χ1v) is 11.3. The summed E-state index contributed by atoms with van der Waals surface area (Å²) in [6.07, 6.45) is 0. The van der Waals surface area contributed by atoms with Gasteiger partial charge in [0.1, 0.15) is 10.6 Å². The van der Waals surface area contributed by atoms with Crippen molar-refractivity contribution >= 4 is 50.0 Å². The lowest BCUT2D eigenvalue weighted by Crippen LogP contribution is -2.39. The van der Waals surface area contributed by atoms with Crippen LogP contribution in [0.5, 0.6) is 5.88 Å². The number of hydrogen-bond donors (Lipinski definition) is 2. The van der Waals surface area contributed by atoms with Crippen molar-refractivity contribution < 1.29 is 9.90 Å². The minimum atomic E-state index is -0.697. The third-order valence-corrected chi connectivity index (χ3v) is 6.48. The largest absolute Gasteiger partial charge is 0.494 e. The molecule has 0 saturated heterocycles. The van der Waals surface area contributed by atoms with Gasteiger partial charge >= 0.3 is 5.69 Å². The van der Waals surface area contributed by atoms with E-state index in [9.17, 15) is 19.5 Å². The van der Waals surface area contributed by atoms with Gasteiger partial charge in [0.25, 0.3) is 5.56 Å². The van der Waals surface area contributed by atoms with Gasteiger partial charge in [-0.05, 0) is 42.8 Å². The maximum Gasteiger partial charge on any atom is 0.333 e. The zero-order valence-electron chi connectivity index (χ0n) is 17.6. The van der Waals surface area contributed by atoms with E-state index in [4.69, 9.17) is 0 Å². The van der Waals surface area contributed by atoms with Crippen molar-refractivity contribution in [3.8, 4) is 5.88 Å². The summed E-state index contributed by atoms with van der Waals surface area (Å²) in [7, 11) is 2.68. The predicted octanol–water partition coefficient (Wildman–Crippen LogP) is 3.31. The first kappa shape index (κ1) is 23.6. The SMILES string of the molecule is Cc1cc(NC(=O)CSC(=Nc2ccccc2)c2c(O)n(C)c(=O)n(C)c2=O)ccc1Br. The fourth-order valence-corrected chi connectivity index (χ4v) is 3.93. The van der Waals surface area contributed by atoms with Crippen LogP contribution in [0.2, 0.25) is 0 Å². The molecule has 0 aliphatic heterocycles. The number of anilines is 1. The molecule has 0 spiro atoms. The van der Waals surface area contributed by atoms with E-state index < -0.39 is 17.1 Å². The molecule has 0 aliphatic carbocycles. The molecule has 166 valence electrons. The number of nitrogens with one attached hydrogen (secondary N) is 1. The second-order valence-electron chi connectivity index (χ2n) is 6.96. The average molecular weight is 517 g/mol. The Labute approximate surface area is 196 Å². The zero-order valence-corrected chi connectivity index (χ0v) is 20.0. The van der Waals surface area contributed by atoms with Crippen LogP contribution in [0.3, 0.4) is 0 Å². The fraction of sp³-hybridized carbons (Fsp3) is 0.182. The molecule has 0 fully saturated rings. The van der Waals surface area contributed by atoms with Gasteiger partial charge in [-0.15, -0.1) is 0 Å². The van der Waals surface area contributed by atoms with E-state index in [0.717, 1.165) is 30.9 Å². The molecule has 2 N–H and O–H groups in total. The van der Waals surface area contributed by atoms with Crippen molar-refractivity contribution in [2.45, 2.75) is 6.92 Å². The standard InChI is InChI=1S/C22H21BrN4O4S/c1-13-11-15(9-10-16(13)23)24-17(28)12-32-19(25-14-7-5-4-6-8-14)18-20(29)26(2)22(31)27(3)21(18)30/h4-11,29H,12H2,1-3H3,(H,24,28). The molecule has 0 saturated carbocycles. The summed E-state index contributed by atoms with van der Waals surface area (Å²) in [5.41, 5.74) is 0.643. The van der Waals surface area contributed by atoms with Crippen LogP contribution in [0.1, 0.15) is 11.1 Å². The zero-order chi connectivity index (χ0) is 23.4. The number of carbonyl (C=O) groups excluding carboxylic acids is 1. The van der Waals surface area contributed by atoms with E-state index >= 15 is 0 Å². The van der Waals surface area contributed by atoms with Crippen LogP contribution in [0.25, 0.3) is 0 Å². The van der Waals surface area contributed by atoms with Crippen molar-refractivity contribution in [3.63, 3.8) is 0 Å². The second kappa shape index (κ2) is 10.0. The maximum absolute atomic E-state index is 12.8. The molecule has 0 unspecified atom stereocenters. The molecule has 0 radical (unpaired) electrons. The van der Waals surface area contributed by atoms with E-state index in [0.29, 0.717) is 11.4 Å². The van der Waals surface area contributed by atoms with Crippen LogP contribution in [-0.2, 0) is 18.9 Å². The van der Waals surface area contributed by atoms with Crippen LogP contribution in [0.15, 0.2) is 67.6 Å². The van der Waals surface area contributed by atoms with Gasteiger partial charge in [-0.2, -0.15) is 0 Å². The van der Waals surface area contributed by atoms with Crippen LogP contribution >= 0.6 is 27.7 Å². The summed E-state index contributed by atoms with van der Waals surface area (Å²) in [6, 6.07) is 14.3. The Bertz CT molecular complexity index is 1320. The van der Waals surface area contributed by atoms with Gasteiger partial charge in [-0.1, -0.05) is 45.9 Å². The molecule has 0 aliphatic rings. The highest BCUT2D eigenvalue weighted by molar-refractivity contribution is 9.10. The van der Waals surface area contributed by atoms with E-state index in [1.54, 1.807) is 30.3 Å². The number of hydrogen-bond acceptors (Lipinski definition) is 6. The number of amides is 1. The number of thioether (sulfide) groups is 1. The number of carbonyl (C=O) groups is 1. The molecular weight excluding hydrogens is 496 g/mol. The fourth-order valence-electron chi connectivity index (χ4n) is 2.85. The van der Waals surface area contributed by atoms with Crippen molar-refractivity contribution in [2.75, 3.05) is 11.1 Å². The molecule has 1 amide bonds. The van der Waals surface area contributed by atoms with Crippen LogP contribution in [0, 0.1) is 6.92 Å². The van der Waals surface area contributed by atoms with Crippen molar-refractivity contribution in [1.29, 1.82) is 0 Å². The van der Waals surface area contributed by atoms with Crippen LogP contribution in [-0.4, -0.2) is 30.9 Å². The van der Waals surface area contributed by atoms with Crippen molar-refractivity contribution in [1.82, 2.24) is 9.13 Å². The number of aliphatic imine (C=N–C) groups is 1. The molecule has 0 bridgehead atoms. The Morgan fingerprint density at radius 2 is 1.81 bits per heavy atom. The van der Waals surface area contributed by atoms with E-state index in [-0.39, 0.29) is 22.3 Å². The number of nitrogens with zero attached hydrogens (tertiary/aromatic N) is 3. The molecule has 1 aromatic heterocycles. The molecule has 1 heterocycles. The van der Waals surface area contributed by atoms with Gasteiger partial charge in [-0.3, -0.25) is 18.7 Å². The topological polar surface area (TPSA) is 106 Å². The lowest BCUT2D eigenvalue weighted by molar-refractivity contribution is -0.113. The monoisotopic (exact) mass is 516 g/mol. The van der Waals surface area contributed by atoms with Gasteiger partial charge < -0.3 is 10.4 Å². The third-order valence-electron chi connectivity index (χ3n) is 4.62. The lowest BCUT2D eigenvalue weighted by atomic mass is 10.2. The second-order valence-corrected chi connectivity index (χ2v) is 8.78. The van der Waals surface area contributed by atoms with Gasteiger partial charge in [0.05, 0.1) is 11.4 Å². The van der Waals surface area contributed by atoms with Crippen molar-refractivity contribution in [2.24, 2.45) is 19.1 Å². The first-order valence-electron chi connectivity index (χ1n) is 9.51. The highest BCUT2D eigenvalue weighted by Crippen LogP contribution is 2.24. The molecular formula is C22H21BrN4O4S. The number of rotatable bonds is 5. The Morgan fingerprint density at radius 1 is 1.12 bits per heavy atom. The molecule has 8 nitrogen and oxygen atoms in total. The average Bonchev–Trinajstić information content (AvgIpc) is 2.78. The van der Waals surface area contributed by atoms with Gasteiger partial charge in [0.15, 0.2) is 0 Å². The Hall–Kier alpha value is -3.11. The summed E-state index contributed by atoms with van der Waals surface area (Å²) in [5, 5.41) is 13.5. The van der Waals surface area contributed by atoms with Gasteiger partial charge in [0, 0.05) is 24.3 Å². The minimum absolute atomic E-state index is 0.0633. The summed E-state index contributed by atoms with van der Waals surface area (Å²) in [4.78, 5) is 41.9. The normalized spacial score (nSPS) is 11.4. The molecule has 32 heavy (non-hydrogen) atoms. The Balaban J connectivity index is 1.94. The predicted molar refractivity (Wildman–Crippen MR) is 131 cm³/mol. The van der Waals surface area contributed by atoms with Crippen molar-refractivity contribution in [3.05, 3.63) is 85.0 Å². The number of aromatic nitrogens is 2. The van der Waals surface area contributed by atoms with E-state index in [1.165, 1.54) is 14.1 Å². The Kier molecular flexibility index (Phi) is 7.37. The molecule has 2 aromatic carbocycles. The molecule has 3 aromatic rings. The first-order chi connectivity index (χ1) is 15.2. The molecule has 10 heteroatoms. The summed E-state index contributed by atoms with van der Waals surface area (Å²) in [6.45, 7) is 1.91. The molecule has 0 atom stereocenters. The minimum Gasteiger partial charge on any atom is -0.494 e. The summed E-state index contributed by atoms with van der Waals surface area (Å²) < 4.78 is 2.78. The number of aromatic hydroxyl groups is 1. The highest BCUT2D eigenvalue weighted by Gasteiger charge is 2.22. The third kappa shape index (κ3) is 5.20. The number of para-hydroxylation sites is 1. The summed E-state index contributed by atoms with van der Waals surface area (Å²) in [5.74, 6) is -0.880. The lowest BCUT2D eigenvalue weighted by Gasteiger charge is -2.13. The highest BCUT2D eigenvalue weighted by atomic mass is 79.9. The smallest absolute Gasteiger partial charge is 0.333 e. The number of halogens is 1. The maximum atomic E-state index is 12.8. The van der Waals surface area contributed by atoms with Crippen LogP contribution in [0.4, 0.5) is 11.4 Å². The Morgan fingerprint density at radius 3 is 2.47 bits per heavy atom. The van der Waals surface area contributed by atoms with Gasteiger partial charge in [0.2, 0.25) is 11.8 Å². The molecule has 3 rings (SSSR count). The van der Waals surface area contributed by atoms with E-state index in [1.807, 2.05) is 25.1 Å².